The molecule has 3 nitrogen and oxygen atoms in total. The highest BCUT2D eigenvalue weighted by molar-refractivity contribution is 5.95. The zero-order chi connectivity index (χ0) is 12.1. The highest BCUT2D eigenvalue weighted by Crippen LogP contribution is 2.22. The monoisotopic (exact) mass is 228 g/mol. The Morgan fingerprint density at radius 2 is 2.41 bits per heavy atom. The van der Waals surface area contributed by atoms with Crippen LogP contribution in [0.4, 0.5) is 5.69 Å². The van der Waals surface area contributed by atoms with Crippen LogP contribution in [0.15, 0.2) is 18.2 Å². The summed E-state index contributed by atoms with van der Waals surface area (Å²) in [6, 6.07) is 5.81. The fourth-order valence-electron chi connectivity index (χ4n) is 1.93. The minimum Gasteiger partial charge on any atom is -0.384 e. The van der Waals surface area contributed by atoms with Crippen LogP contribution in [0.5, 0.6) is 0 Å². The van der Waals surface area contributed by atoms with Gasteiger partial charge in [0.25, 0.3) is 5.91 Å². The SMILES string of the molecule is C#CCCCNC(=O)c1ccc2c(c1)NCC2. The first-order valence-corrected chi connectivity index (χ1v) is 5.90. The Morgan fingerprint density at radius 3 is 3.24 bits per heavy atom. The van der Waals surface area contributed by atoms with Crippen LogP contribution in [0.1, 0.15) is 28.8 Å². The number of hydrogen-bond donors (Lipinski definition) is 2. The van der Waals surface area contributed by atoms with Crippen LogP contribution >= 0.6 is 0 Å². The fraction of sp³-hybridized carbons (Fsp3) is 0.357. The molecule has 1 aliphatic rings. The zero-order valence-corrected chi connectivity index (χ0v) is 9.75. The third kappa shape index (κ3) is 2.79. The molecule has 0 aliphatic carbocycles. The molecule has 0 spiro atoms. The Balaban J connectivity index is 1.93. The second kappa shape index (κ2) is 5.40. The number of fused-ring (bicyclic) bond motifs is 1. The standard InChI is InChI=1S/C14H16N2O/c1-2-3-4-8-16-14(17)12-6-5-11-7-9-15-13(11)10-12/h1,5-6,10,15H,3-4,7-9H2,(H,16,17). The number of amides is 1. The van der Waals surface area contributed by atoms with Crippen molar-refractivity contribution in [2.45, 2.75) is 19.3 Å². The van der Waals surface area contributed by atoms with Crippen molar-refractivity contribution in [3.8, 4) is 12.3 Å². The summed E-state index contributed by atoms with van der Waals surface area (Å²) in [5.41, 5.74) is 3.08. The van der Waals surface area contributed by atoms with Crippen LogP contribution in [0.25, 0.3) is 0 Å². The number of hydrogen-bond acceptors (Lipinski definition) is 2. The van der Waals surface area contributed by atoms with Gasteiger partial charge in [0.2, 0.25) is 0 Å². The number of terminal acetylenes is 1. The van der Waals surface area contributed by atoms with E-state index in [2.05, 4.69) is 16.6 Å². The predicted molar refractivity (Wildman–Crippen MR) is 69.0 cm³/mol. The number of rotatable bonds is 4. The number of unbranched alkanes of at least 4 members (excludes halogenated alkanes) is 1. The van der Waals surface area contributed by atoms with Crippen LogP contribution < -0.4 is 10.6 Å². The second-order valence-electron chi connectivity index (χ2n) is 4.11. The minimum absolute atomic E-state index is 0.0291. The Labute approximate surface area is 102 Å². The molecular formula is C14H16N2O. The van der Waals surface area contributed by atoms with E-state index in [-0.39, 0.29) is 5.91 Å². The molecular weight excluding hydrogens is 212 g/mol. The number of carbonyl (C=O) groups is 1. The van der Waals surface area contributed by atoms with Gasteiger partial charge < -0.3 is 10.6 Å². The zero-order valence-electron chi connectivity index (χ0n) is 9.75. The third-order valence-corrected chi connectivity index (χ3v) is 2.87. The van der Waals surface area contributed by atoms with Crippen LogP contribution in [0, 0.1) is 12.3 Å². The van der Waals surface area contributed by atoms with Gasteiger partial charge >= 0.3 is 0 Å². The van der Waals surface area contributed by atoms with Crippen molar-refractivity contribution in [1.29, 1.82) is 0 Å². The maximum Gasteiger partial charge on any atom is 0.251 e. The summed E-state index contributed by atoms with van der Waals surface area (Å²) in [6.45, 7) is 1.59. The van der Waals surface area contributed by atoms with E-state index in [4.69, 9.17) is 6.42 Å². The van der Waals surface area contributed by atoms with Crippen LogP contribution in [0.3, 0.4) is 0 Å². The normalized spacial score (nSPS) is 12.4. The molecule has 88 valence electrons. The molecule has 0 atom stereocenters. The van der Waals surface area contributed by atoms with E-state index in [1.807, 2.05) is 18.2 Å². The first-order chi connectivity index (χ1) is 8.31. The molecule has 0 saturated carbocycles. The van der Waals surface area contributed by atoms with Gasteiger partial charge in [0.15, 0.2) is 0 Å². The topological polar surface area (TPSA) is 41.1 Å². The molecule has 0 saturated heterocycles. The summed E-state index contributed by atoms with van der Waals surface area (Å²) in [7, 11) is 0. The Morgan fingerprint density at radius 1 is 1.53 bits per heavy atom. The van der Waals surface area contributed by atoms with Gasteiger partial charge in [-0.3, -0.25) is 4.79 Å². The van der Waals surface area contributed by atoms with Crippen molar-refractivity contribution in [3.05, 3.63) is 29.3 Å². The van der Waals surface area contributed by atoms with E-state index < -0.39 is 0 Å². The first-order valence-electron chi connectivity index (χ1n) is 5.90. The average Bonchev–Trinajstić information content (AvgIpc) is 2.81. The van der Waals surface area contributed by atoms with E-state index in [9.17, 15) is 4.79 Å². The molecule has 17 heavy (non-hydrogen) atoms. The van der Waals surface area contributed by atoms with E-state index in [1.54, 1.807) is 0 Å². The molecule has 1 aromatic rings. The number of anilines is 1. The summed E-state index contributed by atoms with van der Waals surface area (Å²) >= 11 is 0. The lowest BCUT2D eigenvalue weighted by Gasteiger charge is -2.06. The molecule has 1 heterocycles. The van der Waals surface area contributed by atoms with Crippen molar-refractivity contribution >= 4 is 11.6 Å². The summed E-state index contributed by atoms with van der Waals surface area (Å²) in [5.74, 6) is 2.52. The molecule has 0 radical (unpaired) electrons. The van der Waals surface area contributed by atoms with E-state index >= 15 is 0 Å². The van der Waals surface area contributed by atoms with Gasteiger partial charge in [-0.05, 0) is 30.5 Å². The molecule has 1 aromatic carbocycles. The van der Waals surface area contributed by atoms with Crippen molar-refractivity contribution < 1.29 is 4.79 Å². The van der Waals surface area contributed by atoms with Gasteiger partial charge in [-0.15, -0.1) is 12.3 Å². The van der Waals surface area contributed by atoms with E-state index in [0.29, 0.717) is 18.5 Å². The summed E-state index contributed by atoms with van der Waals surface area (Å²) in [5, 5.41) is 6.13. The number of benzene rings is 1. The van der Waals surface area contributed by atoms with Crippen molar-refractivity contribution in [1.82, 2.24) is 5.32 Å². The molecule has 0 aromatic heterocycles. The molecule has 0 fully saturated rings. The van der Waals surface area contributed by atoms with Crippen LogP contribution in [-0.2, 0) is 6.42 Å². The molecule has 2 N–H and O–H groups in total. The maximum absolute atomic E-state index is 11.8. The first kappa shape index (κ1) is 11.5. The summed E-state index contributed by atoms with van der Waals surface area (Å²) < 4.78 is 0. The molecule has 2 rings (SSSR count). The van der Waals surface area contributed by atoms with Crippen molar-refractivity contribution in [2.75, 3.05) is 18.4 Å². The third-order valence-electron chi connectivity index (χ3n) is 2.87. The Kier molecular flexibility index (Phi) is 3.66. The fourth-order valence-corrected chi connectivity index (χ4v) is 1.93. The van der Waals surface area contributed by atoms with Gasteiger partial charge in [-0.1, -0.05) is 6.07 Å². The lowest BCUT2D eigenvalue weighted by atomic mass is 10.1. The number of nitrogens with one attached hydrogen (secondary N) is 2. The second-order valence-corrected chi connectivity index (χ2v) is 4.11. The maximum atomic E-state index is 11.8. The smallest absolute Gasteiger partial charge is 0.251 e. The number of carbonyl (C=O) groups excluding carboxylic acids is 1. The highest BCUT2D eigenvalue weighted by atomic mass is 16.1. The van der Waals surface area contributed by atoms with Crippen molar-refractivity contribution in [2.24, 2.45) is 0 Å². The van der Waals surface area contributed by atoms with Gasteiger partial charge in [0.05, 0.1) is 0 Å². The predicted octanol–water partition coefficient (Wildman–Crippen LogP) is 1.80. The minimum atomic E-state index is -0.0291. The Hall–Kier alpha value is -1.95. The van der Waals surface area contributed by atoms with Gasteiger partial charge in [0, 0.05) is 30.8 Å². The summed E-state index contributed by atoms with van der Waals surface area (Å²) in [4.78, 5) is 11.8. The van der Waals surface area contributed by atoms with E-state index in [1.165, 1.54) is 5.56 Å². The largest absolute Gasteiger partial charge is 0.384 e. The average molecular weight is 228 g/mol. The van der Waals surface area contributed by atoms with Gasteiger partial charge in [0.1, 0.15) is 0 Å². The van der Waals surface area contributed by atoms with Gasteiger partial charge in [-0.25, -0.2) is 0 Å². The lowest BCUT2D eigenvalue weighted by Crippen LogP contribution is -2.24. The van der Waals surface area contributed by atoms with Crippen molar-refractivity contribution in [3.63, 3.8) is 0 Å². The quantitative estimate of drug-likeness (QED) is 0.609. The van der Waals surface area contributed by atoms with Crippen LogP contribution in [-0.4, -0.2) is 19.0 Å². The molecule has 1 aliphatic heterocycles. The van der Waals surface area contributed by atoms with Crippen LogP contribution in [0.2, 0.25) is 0 Å². The molecule has 0 unspecified atom stereocenters. The molecule has 1 amide bonds. The van der Waals surface area contributed by atoms with E-state index in [0.717, 1.165) is 25.1 Å². The van der Waals surface area contributed by atoms with Gasteiger partial charge in [-0.2, -0.15) is 0 Å². The highest BCUT2D eigenvalue weighted by Gasteiger charge is 2.12. The Bertz CT molecular complexity index is 460. The molecule has 3 heteroatoms. The molecule has 0 bridgehead atoms. The summed E-state index contributed by atoms with van der Waals surface area (Å²) in [6.07, 6.45) is 7.71. The lowest BCUT2D eigenvalue weighted by molar-refractivity contribution is 0.0953.